The Morgan fingerprint density at radius 2 is 1.86 bits per heavy atom. The lowest BCUT2D eigenvalue weighted by molar-refractivity contribution is -0.132. The number of pyridine rings is 1. The van der Waals surface area contributed by atoms with Gasteiger partial charge in [0.15, 0.2) is 0 Å². The van der Waals surface area contributed by atoms with Crippen molar-refractivity contribution >= 4 is 51.8 Å². The number of carbonyl (C=O) groups is 3. The van der Waals surface area contributed by atoms with Crippen LogP contribution in [0, 0.1) is 5.92 Å². The van der Waals surface area contributed by atoms with Gasteiger partial charge in [-0.05, 0) is 49.4 Å². The average molecular weight is 499 g/mol. The highest BCUT2D eigenvalue weighted by Crippen LogP contribution is 2.31. The third-order valence-electron chi connectivity index (χ3n) is 6.06. The summed E-state index contributed by atoms with van der Waals surface area (Å²) in [6.07, 6.45) is 3.78. The van der Waals surface area contributed by atoms with Crippen LogP contribution >= 0.6 is 11.6 Å². The molecule has 0 atom stereocenters. The van der Waals surface area contributed by atoms with Gasteiger partial charge in [0.25, 0.3) is 5.91 Å². The Kier molecular flexibility index (Phi) is 7.99. The van der Waals surface area contributed by atoms with Crippen molar-refractivity contribution in [1.29, 1.82) is 0 Å². The van der Waals surface area contributed by atoms with E-state index in [0.717, 1.165) is 12.8 Å². The molecular weight excluding hydrogens is 472 g/mol. The lowest BCUT2D eigenvalue weighted by Crippen LogP contribution is -2.39. The van der Waals surface area contributed by atoms with Gasteiger partial charge in [0.2, 0.25) is 17.6 Å². The second-order valence-electron chi connectivity index (χ2n) is 8.53. The Hall–Kier alpha value is -3.43. The maximum atomic E-state index is 12.9. The molecule has 4 rings (SSSR count). The first-order valence-corrected chi connectivity index (χ1v) is 12.0. The Labute approximate surface area is 207 Å². The molecule has 3 N–H and O–H groups in total. The van der Waals surface area contributed by atoms with Crippen LogP contribution < -0.4 is 10.6 Å². The van der Waals surface area contributed by atoms with E-state index < -0.39 is 5.91 Å². The quantitative estimate of drug-likeness (QED) is 0.430. The van der Waals surface area contributed by atoms with Gasteiger partial charge in [-0.2, -0.15) is 0 Å². The van der Waals surface area contributed by atoms with Crippen LogP contribution in [-0.4, -0.2) is 52.4 Å². The number of benzene rings is 1. The summed E-state index contributed by atoms with van der Waals surface area (Å²) in [6.45, 7) is 1.43. The third-order valence-corrected chi connectivity index (χ3v) is 6.28. The Morgan fingerprint density at radius 1 is 1.09 bits per heavy atom. The maximum Gasteiger partial charge on any atom is 0.294 e. The molecule has 3 heterocycles. The van der Waals surface area contributed by atoms with E-state index in [2.05, 4.69) is 15.6 Å². The summed E-state index contributed by atoms with van der Waals surface area (Å²) in [7, 11) is 0. The summed E-state index contributed by atoms with van der Waals surface area (Å²) in [5, 5.41) is 15.7. The van der Waals surface area contributed by atoms with Gasteiger partial charge in [-0.3, -0.25) is 14.4 Å². The zero-order chi connectivity index (χ0) is 24.8. The van der Waals surface area contributed by atoms with Gasteiger partial charge in [-0.25, -0.2) is 4.98 Å². The normalized spacial score (nSPS) is 14.2. The molecule has 3 amide bonds. The number of aromatic nitrogens is 1. The molecule has 1 aromatic carbocycles. The number of aliphatic hydroxyl groups is 1. The van der Waals surface area contributed by atoms with E-state index in [9.17, 15) is 19.5 Å². The van der Waals surface area contributed by atoms with E-state index in [-0.39, 0.29) is 48.6 Å². The number of halogens is 1. The van der Waals surface area contributed by atoms with Crippen molar-refractivity contribution in [3.63, 3.8) is 0 Å². The molecule has 35 heavy (non-hydrogen) atoms. The van der Waals surface area contributed by atoms with Crippen molar-refractivity contribution in [3.8, 4) is 0 Å². The molecule has 0 radical (unpaired) electrons. The minimum atomic E-state index is -0.562. The SMILES string of the molecule is O=C(CCCC(=O)N1CCC(CO)CC1)Nc1c(C(=O)Nc2ccc(Cl)cn2)oc2ccccc12. The first kappa shape index (κ1) is 24.7. The molecule has 10 heteroatoms. The fraction of sp³-hybridized carbons (Fsp3) is 0.360. The van der Waals surface area contributed by atoms with Gasteiger partial charge in [-0.1, -0.05) is 23.7 Å². The highest BCUT2D eigenvalue weighted by Gasteiger charge is 2.24. The van der Waals surface area contributed by atoms with Crippen molar-refractivity contribution in [2.45, 2.75) is 32.1 Å². The van der Waals surface area contributed by atoms with Crippen LogP contribution in [0.15, 0.2) is 47.0 Å². The number of hydrogen-bond donors (Lipinski definition) is 3. The number of amides is 3. The minimum Gasteiger partial charge on any atom is -0.449 e. The second-order valence-corrected chi connectivity index (χ2v) is 8.96. The number of likely N-dealkylation sites (tertiary alicyclic amines) is 1. The second kappa shape index (κ2) is 11.3. The molecule has 1 fully saturated rings. The summed E-state index contributed by atoms with van der Waals surface area (Å²) in [4.78, 5) is 43.9. The number of hydrogen-bond acceptors (Lipinski definition) is 6. The Balaban J connectivity index is 1.38. The first-order valence-electron chi connectivity index (χ1n) is 11.6. The Bertz CT molecular complexity index is 1200. The van der Waals surface area contributed by atoms with Gasteiger partial charge in [0.05, 0.1) is 5.02 Å². The number of nitrogens with zero attached hydrogens (tertiary/aromatic N) is 2. The fourth-order valence-electron chi connectivity index (χ4n) is 4.08. The number of para-hydroxylation sites is 1. The lowest BCUT2D eigenvalue weighted by Gasteiger charge is -2.31. The lowest BCUT2D eigenvalue weighted by atomic mass is 9.97. The summed E-state index contributed by atoms with van der Waals surface area (Å²) < 4.78 is 5.74. The first-order chi connectivity index (χ1) is 16.9. The summed E-state index contributed by atoms with van der Waals surface area (Å²) in [5.74, 6) is -0.359. The van der Waals surface area contributed by atoms with Gasteiger partial charge in [-0.15, -0.1) is 0 Å². The van der Waals surface area contributed by atoms with Crippen molar-refractivity contribution in [3.05, 3.63) is 53.4 Å². The number of carbonyl (C=O) groups excluding carboxylic acids is 3. The van der Waals surface area contributed by atoms with Crippen LogP contribution in [0.2, 0.25) is 5.02 Å². The fourth-order valence-corrected chi connectivity index (χ4v) is 4.19. The topological polar surface area (TPSA) is 125 Å². The average Bonchev–Trinajstić information content (AvgIpc) is 3.24. The molecule has 0 unspecified atom stereocenters. The van der Waals surface area contributed by atoms with Gasteiger partial charge in [0.1, 0.15) is 17.1 Å². The van der Waals surface area contributed by atoms with Gasteiger partial charge in [0, 0.05) is 44.1 Å². The van der Waals surface area contributed by atoms with Gasteiger partial charge >= 0.3 is 0 Å². The zero-order valence-corrected chi connectivity index (χ0v) is 19.9. The highest BCUT2D eigenvalue weighted by molar-refractivity contribution is 6.30. The number of fused-ring (bicyclic) bond motifs is 1. The van der Waals surface area contributed by atoms with Crippen molar-refractivity contribution in [2.24, 2.45) is 5.92 Å². The van der Waals surface area contributed by atoms with Crippen LogP contribution in [0.1, 0.15) is 42.7 Å². The molecule has 1 saturated heterocycles. The Morgan fingerprint density at radius 3 is 2.57 bits per heavy atom. The summed E-state index contributed by atoms with van der Waals surface area (Å²) in [6, 6.07) is 10.2. The molecule has 184 valence electrons. The number of anilines is 2. The molecule has 1 aliphatic heterocycles. The van der Waals surface area contributed by atoms with E-state index in [4.69, 9.17) is 16.0 Å². The van der Waals surface area contributed by atoms with Crippen molar-refractivity contribution in [2.75, 3.05) is 30.3 Å². The molecule has 3 aromatic rings. The van der Waals surface area contributed by atoms with Gasteiger partial charge < -0.3 is 25.1 Å². The number of aliphatic hydroxyl groups excluding tert-OH is 1. The summed E-state index contributed by atoms with van der Waals surface area (Å²) >= 11 is 5.84. The van der Waals surface area contributed by atoms with E-state index in [1.165, 1.54) is 6.20 Å². The van der Waals surface area contributed by atoms with Crippen molar-refractivity contribution in [1.82, 2.24) is 9.88 Å². The van der Waals surface area contributed by atoms with Crippen LogP contribution in [0.3, 0.4) is 0 Å². The predicted octanol–water partition coefficient (Wildman–Crippen LogP) is 4.07. The zero-order valence-electron chi connectivity index (χ0n) is 19.1. The van der Waals surface area contributed by atoms with E-state index in [0.29, 0.717) is 41.3 Å². The molecule has 0 spiro atoms. The van der Waals surface area contributed by atoms with E-state index >= 15 is 0 Å². The van der Waals surface area contributed by atoms with E-state index in [1.807, 2.05) is 0 Å². The van der Waals surface area contributed by atoms with Crippen LogP contribution in [0.4, 0.5) is 11.5 Å². The largest absolute Gasteiger partial charge is 0.449 e. The molecule has 0 saturated carbocycles. The number of nitrogens with one attached hydrogen (secondary N) is 2. The number of rotatable bonds is 8. The number of piperidine rings is 1. The van der Waals surface area contributed by atoms with Crippen LogP contribution in [0.25, 0.3) is 11.0 Å². The predicted molar refractivity (Wildman–Crippen MR) is 132 cm³/mol. The van der Waals surface area contributed by atoms with Crippen molar-refractivity contribution < 1.29 is 23.9 Å². The molecule has 2 aromatic heterocycles. The standard InChI is InChI=1S/C25H27ClN4O5/c26-17-8-9-20(27-14-17)28-25(34)24-23(18-4-1-2-5-19(18)35-24)29-21(32)6-3-7-22(33)30-12-10-16(15-31)11-13-30/h1-2,4-5,8-9,14,16,31H,3,6-7,10-13,15H2,(H,29,32)(H,27,28,34). The molecular formula is C25H27ClN4O5. The molecule has 1 aliphatic rings. The van der Waals surface area contributed by atoms with Crippen LogP contribution in [0.5, 0.6) is 0 Å². The van der Waals surface area contributed by atoms with Crippen LogP contribution in [-0.2, 0) is 9.59 Å². The maximum absolute atomic E-state index is 12.9. The minimum absolute atomic E-state index is 0.0125. The summed E-state index contributed by atoms with van der Waals surface area (Å²) in [5.41, 5.74) is 0.730. The number of furan rings is 1. The molecule has 9 nitrogen and oxygen atoms in total. The molecule has 0 bridgehead atoms. The highest BCUT2D eigenvalue weighted by atomic mass is 35.5. The van der Waals surface area contributed by atoms with E-state index in [1.54, 1.807) is 41.3 Å². The third kappa shape index (κ3) is 6.17. The smallest absolute Gasteiger partial charge is 0.294 e. The monoisotopic (exact) mass is 498 g/mol. The molecule has 0 aliphatic carbocycles.